The van der Waals surface area contributed by atoms with Gasteiger partial charge in [-0.25, -0.2) is 0 Å². The van der Waals surface area contributed by atoms with E-state index >= 15 is 0 Å². The van der Waals surface area contributed by atoms with Gasteiger partial charge in [-0.05, 0) is 25.5 Å². The normalized spacial score (nSPS) is 9.42. The van der Waals surface area contributed by atoms with Crippen LogP contribution in [-0.4, -0.2) is 6.54 Å². The fourth-order valence-electron chi connectivity index (χ4n) is 0.990. The second-order valence-electron chi connectivity index (χ2n) is 2.87. The molecule has 12 heavy (non-hydrogen) atoms. The fourth-order valence-corrected chi connectivity index (χ4v) is 0.990. The van der Waals surface area contributed by atoms with Gasteiger partial charge in [0.05, 0.1) is 0 Å². The lowest BCUT2D eigenvalue weighted by atomic mass is 10.2. The van der Waals surface area contributed by atoms with Crippen LogP contribution in [0.2, 0.25) is 0 Å². The van der Waals surface area contributed by atoms with Crippen LogP contribution in [0, 0.1) is 6.92 Å². The molecule has 0 saturated heterocycles. The molecule has 1 aromatic carbocycles. The van der Waals surface area contributed by atoms with Crippen molar-refractivity contribution in [1.29, 1.82) is 0 Å². The van der Waals surface area contributed by atoms with Crippen molar-refractivity contribution in [3.8, 4) is 0 Å². The van der Waals surface area contributed by atoms with Gasteiger partial charge in [-0.15, -0.1) is 6.58 Å². The highest BCUT2D eigenvalue weighted by Crippen LogP contribution is 2.07. The van der Waals surface area contributed by atoms with Crippen LogP contribution in [0.4, 0.5) is 5.69 Å². The standard InChI is InChI=1S/C11H15N/c1-3-4-9-12-11-7-5-10(2)6-8-11/h3,5-8,12H,1,4,9H2,2H3. The molecule has 0 unspecified atom stereocenters. The summed E-state index contributed by atoms with van der Waals surface area (Å²) in [6.07, 6.45) is 2.93. The van der Waals surface area contributed by atoms with E-state index in [1.165, 1.54) is 11.3 Å². The molecule has 1 rings (SSSR count). The number of benzene rings is 1. The van der Waals surface area contributed by atoms with E-state index in [0.717, 1.165) is 13.0 Å². The highest BCUT2D eigenvalue weighted by atomic mass is 14.9. The first-order chi connectivity index (χ1) is 5.83. The molecule has 1 nitrogen and oxygen atoms in total. The van der Waals surface area contributed by atoms with Crippen LogP contribution in [-0.2, 0) is 0 Å². The Morgan fingerprint density at radius 2 is 2.00 bits per heavy atom. The molecule has 0 aliphatic rings. The predicted molar refractivity (Wildman–Crippen MR) is 54.5 cm³/mol. The predicted octanol–water partition coefficient (Wildman–Crippen LogP) is 2.98. The molecule has 0 fully saturated rings. The second-order valence-corrected chi connectivity index (χ2v) is 2.87. The molecule has 0 bridgehead atoms. The number of anilines is 1. The molecule has 0 spiro atoms. The number of rotatable bonds is 4. The van der Waals surface area contributed by atoms with Crippen molar-refractivity contribution in [2.45, 2.75) is 13.3 Å². The zero-order valence-corrected chi connectivity index (χ0v) is 7.51. The number of hydrogen-bond acceptors (Lipinski definition) is 1. The molecule has 1 heteroatoms. The van der Waals surface area contributed by atoms with Crippen LogP contribution in [0.15, 0.2) is 36.9 Å². The smallest absolute Gasteiger partial charge is 0.0340 e. The van der Waals surface area contributed by atoms with E-state index in [0.29, 0.717) is 0 Å². The summed E-state index contributed by atoms with van der Waals surface area (Å²) in [5.41, 5.74) is 2.48. The molecule has 0 saturated carbocycles. The Labute approximate surface area is 74.1 Å². The Hall–Kier alpha value is -1.24. The van der Waals surface area contributed by atoms with E-state index in [-0.39, 0.29) is 0 Å². The highest BCUT2D eigenvalue weighted by molar-refractivity contribution is 5.44. The topological polar surface area (TPSA) is 12.0 Å². The second kappa shape index (κ2) is 4.60. The van der Waals surface area contributed by atoms with Crippen LogP contribution in [0.3, 0.4) is 0 Å². The van der Waals surface area contributed by atoms with Gasteiger partial charge in [-0.1, -0.05) is 23.8 Å². The van der Waals surface area contributed by atoms with Gasteiger partial charge in [-0.2, -0.15) is 0 Å². The maximum Gasteiger partial charge on any atom is 0.0340 e. The van der Waals surface area contributed by atoms with Gasteiger partial charge in [0.1, 0.15) is 0 Å². The summed E-state index contributed by atoms with van der Waals surface area (Å²) in [7, 11) is 0. The van der Waals surface area contributed by atoms with Gasteiger partial charge >= 0.3 is 0 Å². The lowest BCUT2D eigenvalue weighted by Crippen LogP contribution is -1.99. The molecule has 0 atom stereocenters. The first kappa shape index (κ1) is 8.85. The van der Waals surface area contributed by atoms with Crippen molar-refractivity contribution < 1.29 is 0 Å². The fraction of sp³-hybridized carbons (Fsp3) is 0.273. The van der Waals surface area contributed by atoms with Crippen molar-refractivity contribution in [2.75, 3.05) is 11.9 Å². The van der Waals surface area contributed by atoms with Gasteiger partial charge in [0.15, 0.2) is 0 Å². The van der Waals surface area contributed by atoms with Gasteiger partial charge in [0.25, 0.3) is 0 Å². The van der Waals surface area contributed by atoms with Crippen LogP contribution in [0.5, 0.6) is 0 Å². The Morgan fingerprint density at radius 1 is 1.33 bits per heavy atom. The average Bonchev–Trinajstić information content (AvgIpc) is 2.09. The average molecular weight is 161 g/mol. The van der Waals surface area contributed by atoms with E-state index in [1.54, 1.807) is 0 Å². The molecule has 1 aromatic rings. The Kier molecular flexibility index (Phi) is 3.39. The van der Waals surface area contributed by atoms with Crippen LogP contribution in [0.1, 0.15) is 12.0 Å². The summed E-state index contributed by atoms with van der Waals surface area (Å²) in [6, 6.07) is 8.41. The van der Waals surface area contributed by atoms with Crippen molar-refractivity contribution in [2.24, 2.45) is 0 Å². The van der Waals surface area contributed by atoms with Crippen LogP contribution in [0.25, 0.3) is 0 Å². The molecular formula is C11H15N. The molecular weight excluding hydrogens is 146 g/mol. The largest absolute Gasteiger partial charge is 0.385 e. The summed E-state index contributed by atoms with van der Waals surface area (Å²) in [5, 5.41) is 3.30. The first-order valence-corrected chi connectivity index (χ1v) is 4.24. The molecule has 1 N–H and O–H groups in total. The number of aryl methyl sites for hydroxylation is 1. The van der Waals surface area contributed by atoms with Crippen molar-refractivity contribution in [1.82, 2.24) is 0 Å². The lowest BCUT2D eigenvalue weighted by molar-refractivity contribution is 1.07. The van der Waals surface area contributed by atoms with Gasteiger partial charge < -0.3 is 5.32 Å². The zero-order chi connectivity index (χ0) is 8.81. The summed E-state index contributed by atoms with van der Waals surface area (Å²) in [4.78, 5) is 0. The lowest BCUT2D eigenvalue weighted by Gasteiger charge is -2.03. The first-order valence-electron chi connectivity index (χ1n) is 4.24. The van der Waals surface area contributed by atoms with E-state index in [4.69, 9.17) is 0 Å². The number of nitrogens with one attached hydrogen (secondary N) is 1. The minimum Gasteiger partial charge on any atom is -0.385 e. The third kappa shape index (κ3) is 2.79. The minimum atomic E-state index is 0.965. The van der Waals surface area contributed by atoms with Crippen molar-refractivity contribution in [3.05, 3.63) is 42.5 Å². The van der Waals surface area contributed by atoms with Gasteiger partial charge in [-0.3, -0.25) is 0 Å². The van der Waals surface area contributed by atoms with E-state index in [1.807, 2.05) is 6.08 Å². The maximum absolute atomic E-state index is 3.67. The molecule has 0 aromatic heterocycles. The summed E-state index contributed by atoms with van der Waals surface area (Å²) in [6.45, 7) is 6.72. The summed E-state index contributed by atoms with van der Waals surface area (Å²) in [5.74, 6) is 0. The molecule has 64 valence electrons. The monoisotopic (exact) mass is 161 g/mol. The van der Waals surface area contributed by atoms with E-state index in [2.05, 4.69) is 43.1 Å². The SMILES string of the molecule is C=CCCNc1ccc(C)cc1. The van der Waals surface area contributed by atoms with Gasteiger partial charge in [0, 0.05) is 12.2 Å². The van der Waals surface area contributed by atoms with E-state index < -0.39 is 0 Å². The van der Waals surface area contributed by atoms with Crippen molar-refractivity contribution in [3.63, 3.8) is 0 Å². The number of hydrogen-bond donors (Lipinski definition) is 1. The van der Waals surface area contributed by atoms with Gasteiger partial charge in [0.2, 0.25) is 0 Å². The Balaban J connectivity index is 2.42. The summed E-state index contributed by atoms with van der Waals surface area (Å²) < 4.78 is 0. The zero-order valence-electron chi connectivity index (χ0n) is 7.51. The molecule has 0 aliphatic heterocycles. The highest BCUT2D eigenvalue weighted by Gasteiger charge is 1.88. The molecule has 0 heterocycles. The third-order valence-corrected chi connectivity index (χ3v) is 1.73. The van der Waals surface area contributed by atoms with Crippen LogP contribution < -0.4 is 5.32 Å². The van der Waals surface area contributed by atoms with E-state index in [9.17, 15) is 0 Å². The maximum atomic E-state index is 3.67. The summed E-state index contributed by atoms with van der Waals surface area (Å²) >= 11 is 0. The van der Waals surface area contributed by atoms with Crippen LogP contribution >= 0.6 is 0 Å². The Bertz CT molecular complexity index is 236. The Morgan fingerprint density at radius 3 is 2.58 bits per heavy atom. The molecule has 0 radical (unpaired) electrons. The third-order valence-electron chi connectivity index (χ3n) is 1.73. The minimum absolute atomic E-state index is 0.965. The molecule has 0 aliphatic carbocycles. The quantitative estimate of drug-likeness (QED) is 0.528. The van der Waals surface area contributed by atoms with Crippen molar-refractivity contribution >= 4 is 5.69 Å². The molecule has 0 amide bonds.